The highest BCUT2D eigenvalue weighted by Crippen LogP contribution is 2.31. The van der Waals surface area contributed by atoms with Crippen molar-refractivity contribution in [1.82, 2.24) is 19.9 Å². The molecule has 194 valence electrons. The summed E-state index contributed by atoms with van der Waals surface area (Å²) in [4.78, 5) is 30.7. The van der Waals surface area contributed by atoms with Gasteiger partial charge in [-0.1, -0.05) is 12.1 Å². The number of carbonyl (C=O) groups excluding carboxylic acids is 1. The average molecular weight is 511 g/mol. The highest BCUT2D eigenvalue weighted by molar-refractivity contribution is 5.91. The maximum absolute atomic E-state index is 13.0. The third-order valence-electron chi connectivity index (χ3n) is 7.31. The zero-order chi connectivity index (χ0) is 26.1. The van der Waals surface area contributed by atoms with E-state index < -0.39 is 0 Å². The molecule has 2 aliphatic heterocycles. The van der Waals surface area contributed by atoms with Gasteiger partial charge in [0.05, 0.1) is 12.6 Å². The number of hydrogen-bond donors (Lipinski definition) is 1. The first-order valence-corrected chi connectivity index (χ1v) is 12.9. The molecular formula is C29H30N6O3. The number of nitrogens with one attached hydrogen (secondary N) is 1. The first kappa shape index (κ1) is 24.0. The van der Waals surface area contributed by atoms with E-state index in [-0.39, 0.29) is 12.1 Å². The van der Waals surface area contributed by atoms with E-state index in [1.807, 2.05) is 66.4 Å². The summed E-state index contributed by atoms with van der Waals surface area (Å²) in [6.45, 7) is 4.22. The summed E-state index contributed by atoms with van der Waals surface area (Å²) < 4.78 is 11.6. The predicted molar refractivity (Wildman–Crippen MR) is 146 cm³/mol. The number of fused-ring (bicyclic) bond motifs is 2. The Balaban J connectivity index is 1.12. The van der Waals surface area contributed by atoms with Crippen molar-refractivity contribution in [2.75, 3.05) is 37.0 Å². The summed E-state index contributed by atoms with van der Waals surface area (Å²) in [5.41, 5.74) is 3.73. The normalized spacial score (nSPS) is 16.1. The molecule has 38 heavy (non-hydrogen) atoms. The van der Waals surface area contributed by atoms with Crippen LogP contribution in [0, 0.1) is 6.92 Å². The van der Waals surface area contributed by atoms with Crippen LogP contribution in [0.25, 0.3) is 10.9 Å². The van der Waals surface area contributed by atoms with Gasteiger partial charge in [0.25, 0.3) is 0 Å². The van der Waals surface area contributed by atoms with E-state index in [0.29, 0.717) is 12.4 Å². The van der Waals surface area contributed by atoms with Gasteiger partial charge in [-0.25, -0.2) is 14.8 Å². The number of benzene rings is 2. The second kappa shape index (κ2) is 10.2. The summed E-state index contributed by atoms with van der Waals surface area (Å²) in [7, 11) is 1.66. The van der Waals surface area contributed by atoms with Crippen molar-refractivity contribution in [2.45, 2.75) is 32.2 Å². The highest BCUT2D eigenvalue weighted by atomic mass is 16.5. The minimum Gasteiger partial charge on any atom is -0.497 e. The van der Waals surface area contributed by atoms with Crippen LogP contribution in [0.5, 0.6) is 17.4 Å². The molecule has 0 unspecified atom stereocenters. The van der Waals surface area contributed by atoms with Crippen molar-refractivity contribution < 1.29 is 14.3 Å². The summed E-state index contributed by atoms with van der Waals surface area (Å²) in [5, 5.41) is 4.03. The molecule has 1 saturated heterocycles. The SMILES string of the molecule is COc1ccc2c(c1)CCN(C1CCN(c3cc(Oc4cc(C)nc5ccccc45)ncn3)CC1)C(=O)N2. The van der Waals surface area contributed by atoms with E-state index in [4.69, 9.17) is 9.47 Å². The van der Waals surface area contributed by atoms with Crippen LogP contribution in [-0.4, -0.2) is 58.7 Å². The second-order valence-corrected chi connectivity index (χ2v) is 9.71. The molecule has 4 heterocycles. The number of amides is 2. The van der Waals surface area contributed by atoms with E-state index >= 15 is 0 Å². The van der Waals surface area contributed by atoms with Crippen LogP contribution in [0.2, 0.25) is 0 Å². The molecule has 0 radical (unpaired) electrons. The van der Waals surface area contributed by atoms with Gasteiger partial charge in [-0.3, -0.25) is 4.98 Å². The fourth-order valence-electron chi connectivity index (χ4n) is 5.34. The number of para-hydroxylation sites is 1. The summed E-state index contributed by atoms with van der Waals surface area (Å²) in [6.07, 6.45) is 4.06. The van der Waals surface area contributed by atoms with Gasteiger partial charge in [0.2, 0.25) is 5.88 Å². The zero-order valence-corrected chi connectivity index (χ0v) is 21.6. The fourth-order valence-corrected chi connectivity index (χ4v) is 5.34. The van der Waals surface area contributed by atoms with Crippen LogP contribution in [-0.2, 0) is 6.42 Å². The molecule has 0 aliphatic carbocycles. The lowest BCUT2D eigenvalue weighted by atomic mass is 10.0. The number of urea groups is 1. The maximum atomic E-state index is 13.0. The zero-order valence-electron chi connectivity index (χ0n) is 21.6. The fraction of sp³-hybridized carbons (Fsp3) is 0.310. The molecule has 0 spiro atoms. The third kappa shape index (κ3) is 4.79. The minimum atomic E-state index is -0.0371. The lowest BCUT2D eigenvalue weighted by Crippen LogP contribution is -2.49. The van der Waals surface area contributed by atoms with E-state index in [1.54, 1.807) is 13.4 Å². The quantitative estimate of drug-likeness (QED) is 0.395. The van der Waals surface area contributed by atoms with Gasteiger partial charge in [-0.2, -0.15) is 0 Å². The Labute approximate surface area is 221 Å². The van der Waals surface area contributed by atoms with Crippen molar-refractivity contribution in [3.63, 3.8) is 0 Å². The van der Waals surface area contributed by atoms with Gasteiger partial charge in [0.1, 0.15) is 23.6 Å². The van der Waals surface area contributed by atoms with Gasteiger partial charge in [0.15, 0.2) is 0 Å². The summed E-state index contributed by atoms with van der Waals surface area (Å²) >= 11 is 0. The minimum absolute atomic E-state index is 0.0371. The second-order valence-electron chi connectivity index (χ2n) is 9.71. The monoisotopic (exact) mass is 510 g/mol. The van der Waals surface area contributed by atoms with Crippen molar-refractivity contribution in [3.05, 3.63) is 72.2 Å². The first-order chi connectivity index (χ1) is 18.6. The predicted octanol–water partition coefficient (Wildman–Crippen LogP) is 5.19. The molecule has 9 nitrogen and oxygen atoms in total. The Morgan fingerprint density at radius 2 is 1.84 bits per heavy atom. The number of hydrogen-bond acceptors (Lipinski definition) is 7. The third-order valence-corrected chi connectivity index (χ3v) is 7.31. The molecule has 0 atom stereocenters. The average Bonchev–Trinajstić information content (AvgIpc) is 3.10. The number of nitrogens with zero attached hydrogens (tertiary/aromatic N) is 5. The molecule has 1 fully saturated rings. The highest BCUT2D eigenvalue weighted by Gasteiger charge is 2.30. The van der Waals surface area contributed by atoms with Gasteiger partial charge >= 0.3 is 6.03 Å². The maximum Gasteiger partial charge on any atom is 0.322 e. The number of rotatable bonds is 5. The van der Waals surface area contributed by atoms with Gasteiger partial charge in [0, 0.05) is 54.6 Å². The Morgan fingerprint density at radius 3 is 2.68 bits per heavy atom. The largest absolute Gasteiger partial charge is 0.497 e. The lowest BCUT2D eigenvalue weighted by molar-refractivity contribution is 0.177. The van der Waals surface area contributed by atoms with Crippen LogP contribution in [0.15, 0.2) is 60.9 Å². The molecule has 2 aromatic heterocycles. The molecule has 9 heteroatoms. The number of ether oxygens (including phenoxy) is 2. The van der Waals surface area contributed by atoms with Crippen LogP contribution >= 0.6 is 0 Å². The Bertz CT molecular complexity index is 1480. The van der Waals surface area contributed by atoms with Crippen LogP contribution in [0.1, 0.15) is 24.1 Å². The smallest absolute Gasteiger partial charge is 0.322 e. The topological polar surface area (TPSA) is 92.7 Å². The van der Waals surface area contributed by atoms with Crippen LogP contribution < -0.4 is 19.7 Å². The number of pyridine rings is 1. The lowest BCUT2D eigenvalue weighted by Gasteiger charge is -2.38. The molecule has 0 bridgehead atoms. The number of anilines is 2. The number of piperidine rings is 1. The summed E-state index contributed by atoms with van der Waals surface area (Å²) in [5.74, 6) is 2.85. The van der Waals surface area contributed by atoms with Crippen molar-refractivity contribution in [2.24, 2.45) is 0 Å². The molecule has 2 aromatic carbocycles. The van der Waals surface area contributed by atoms with E-state index in [2.05, 4.69) is 25.2 Å². The Hall–Kier alpha value is -4.40. The van der Waals surface area contributed by atoms with Gasteiger partial charge in [-0.15, -0.1) is 0 Å². The standard InChI is InChI=1S/C29H30N6O3/c1-19-15-26(23-5-3-4-6-25(23)32-19)38-28-17-27(30-18-31-28)34-12-10-21(11-13-34)35-14-9-20-16-22(37-2)7-8-24(20)33-29(35)36/h3-8,15-18,21H,9-14H2,1-2H3,(H,33,36). The molecule has 2 amide bonds. The summed E-state index contributed by atoms with van der Waals surface area (Å²) in [6, 6.07) is 17.7. The van der Waals surface area contributed by atoms with Crippen LogP contribution in [0.4, 0.5) is 16.3 Å². The number of methoxy groups -OCH3 is 1. The van der Waals surface area contributed by atoms with Gasteiger partial charge < -0.3 is 24.6 Å². The van der Waals surface area contributed by atoms with Crippen LogP contribution in [0.3, 0.4) is 0 Å². The van der Waals surface area contributed by atoms with E-state index in [0.717, 1.165) is 77.5 Å². The molecule has 2 aliphatic rings. The van der Waals surface area contributed by atoms with E-state index in [1.165, 1.54) is 0 Å². The van der Waals surface area contributed by atoms with Crippen molar-refractivity contribution >= 4 is 28.4 Å². The first-order valence-electron chi connectivity index (χ1n) is 12.9. The molecular weight excluding hydrogens is 480 g/mol. The molecule has 4 aromatic rings. The van der Waals surface area contributed by atoms with Crippen molar-refractivity contribution in [3.8, 4) is 17.4 Å². The van der Waals surface area contributed by atoms with Gasteiger partial charge in [-0.05, 0) is 62.1 Å². The number of carbonyl (C=O) groups is 1. The molecule has 1 N–H and O–H groups in total. The molecule has 0 saturated carbocycles. The number of aromatic nitrogens is 3. The number of aryl methyl sites for hydroxylation is 1. The molecule has 6 rings (SSSR count). The van der Waals surface area contributed by atoms with Crippen molar-refractivity contribution in [1.29, 1.82) is 0 Å². The Morgan fingerprint density at radius 1 is 1.00 bits per heavy atom. The van der Waals surface area contributed by atoms with E-state index in [9.17, 15) is 4.79 Å². The Kier molecular flexibility index (Phi) is 6.41.